The number of imide groups is 1. The van der Waals surface area contributed by atoms with E-state index in [0.29, 0.717) is 5.69 Å². The molecule has 1 aliphatic heterocycles. The van der Waals surface area contributed by atoms with E-state index in [1.165, 1.54) is 12.1 Å². The highest BCUT2D eigenvalue weighted by Crippen LogP contribution is 2.28. The minimum absolute atomic E-state index is 0.0223. The molecule has 1 saturated heterocycles. The Balaban J connectivity index is 1.85. The van der Waals surface area contributed by atoms with Gasteiger partial charge in [0.05, 0.1) is 12.1 Å². The number of amides is 2. The molecule has 5 nitrogen and oxygen atoms in total. The summed E-state index contributed by atoms with van der Waals surface area (Å²) in [5.74, 6) is -0.557. The molecule has 0 saturated carbocycles. The largest absolute Gasteiger partial charge is 0.508 e. The third-order valence-electron chi connectivity index (χ3n) is 4.17. The highest BCUT2D eigenvalue weighted by Gasteiger charge is 2.39. The lowest BCUT2D eigenvalue weighted by Crippen LogP contribution is -2.34. The van der Waals surface area contributed by atoms with Crippen molar-refractivity contribution in [1.82, 2.24) is 0 Å². The molecule has 118 valence electrons. The van der Waals surface area contributed by atoms with Gasteiger partial charge in [-0.05, 0) is 43.2 Å². The van der Waals surface area contributed by atoms with Gasteiger partial charge in [-0.15, -0.1) is 0 Å². The molecule has 0 aliphatic carbocycles. The van der Waals surface area contributed by atoms with E-state index in [-0.39, 0.29) is 24.0 Å². The predicted molar refractivity (Wildman–Crippen MR) is 88.5 cm³/mol. The molecule has 2 N–H and O–H groups in total. The van der Waals surface area contributed by atoms with E-state index in [2.05, 4.69) is 5.32 Å². The van der Waals surface area contributed by atoms with Gasteiger partial charge in [0.1, 0.15) is 11.8 Å². The van der Waals surface area contributed by atoms with Gasteiger partial charge in [0, 0.05) is 11.8 Å². The number of benzene rings is 2. The van der Waals surface area contributed by atoms with Crippen LogP contribution in [0.4, 0.5) is 11.4 Å². The molecule has 0 radical (unpaired) electrons. The second kappa shape index (κ2) is 5.76. The quantitative estimate of drug-likeness (QED) is 0.855. The molecule has 3 rings (SSSR count). The Labute approximate surface area is 134 Å². The minimum Gasteiger partial charge on any atom is -0.508 e. The van der Waals surface area contributed by atoms with Crippen LogP contribution in [0.25, 0.3) is 0 Å². The SMILES string of the molecule is Cc1cccc(NC2CC(=O)N(c3cccc(O)c3)C2=O)c1C. The average Bonchev–Trinajstić information content (AvgIpc) is 2.78. The molecule has 2 aromatic carbocycles. The van der Waals surface area contributed by atoms with Crippen molar-refractivity contribution in [2.45, 2.75) is 26.3 Å². The molecule has 1 heterocycles. The summed E-state index contributed by atoms with van der Waals surface area (Å²) in [6.45, 7) is 3.98. The van der Waals surface area contributed by atoms with Gasteiger partial charge in [0.15, 0.2) is 0 Å². The fourth-order valence-corrected chi connectivity index (χ4v) is 2.74. The van der Waals surface area contributed by atoms with Crippen molar-refractivity contribution in [3.8, 4) is 5.75 Å². The number of phenolic OH excluding ortho intramolecular Hbond substituents is 1. The van der Waals surface area contributed by atoms with E-state index in [1.54, 1.807) is 12.1 Å². The molecular weight excluding hydrogens is 292 g/mol. The van der Waals surface area contributed by atoms with Crippen molar-refractivity contribution in [3.05, 3.63) is 53.6 Å². The van der Waals surface area contributed by atoms with E-state index in [4.69, 9.17) is 0 Å². The number of aryl methyl sites for hydroxylation is 1. The molecule has 0 spiro atoms. The fraction of sp³-hybridized carbons (Fsp3) is 0.222. The number of hydrogen-bond acceptors (Lipinski definition) is 4. The number of carbonyl (C=O) groups excluding carboxylic acids is 2. The molecule has 0 bridgehead atoms. The Morgan fingerprint density at radius 1 is 1.13 bits per heavy atom. The maximum absolute atomic E-state index is 12.6. The van der Waals surface area contributed by atoms with Gasteiger partial charge >= 0.3 is 0 Å². The Bertz CT molecular complexity index is 786. The van der Waals surface area contributed by atoms with Gasteiger partial charge in [0.2, 0.25) is 5.91 Å². The number of rotatable bonds is 3. The third kappa shape index (κ3) is 2.77. The zero-order valence-corrected chi connectivity index (χ0v) is 13.0. The molecule has 1 fully saturated rings. The summed E-state index contributed by atoms with van der Waals surface area (Å²) < 4.78 is 0. The number of anilines is 2. The predicted octanol–water partition coefficient (Wildman–Crippen LogP) is 2.75. The molecule has 2 amide bonds. The Morgan fingerprint density at radius 3 is 2.61 bits per heavy atom. The van der Waals surface area contributed by atoms with Crippen LogP contribution in [0, 0.1) is 13.8 Å². The fourth-order valence-electron chi connectivity index (χ4n) is 2.74. The summed E-state index contributed by atoms with van der Waals surface area (Å²) in [7, 11) is 0. The van der Waals surface area contributed by atoms with E-state index >= 15 is 0 Å². The molecule has 2 aromatic rings. The molecule has 1 aliphatic rings. The van der Waals surface area contributed by atoms with Crippen molar-refractivity contribution in [2.75, 3.05) is 10.2 Å². The van der Waals surface area contributed by atoms with Crippen molar-refractivity contribution in [2.24, 2.45) is 0 Å². The topological polar surface area (TPSA) is 69.6 Å². The zero-order chi connectivity index (χ0) is 16.6. The molecular formula is C18H18N2O3. The van der Waals surface area contributed by atoms with Gasteiger partial charge in [0.25, 0.3) is 5.91 Å². The number of phenols is 1. The van der Waals surface area contributed by atoms with E-state index in [1.807, 2.05) is 32.0 Å². The molecule has 1 unspecified atom stereocenters. The third-order valence-corrected chi connectivity index (χ3v) is 4.17. The average molecular weight is 310 g/mol. The summed E-state index contributed by atoms with van der Waals surface area (Å²) in [6, 6.07) is 11.4. The van der Waals surface area contributed by atoms with Gasteiger partial charge in [-0.3, -0.25) is 9.59 Å². The van der Waals surface area contributed by atoms with Crippen molar-refractivity contribution >= 4 is 23.2 Å². The van der Waals surface area contributed by atoms with Crippen LogP contribution in [0.1, 0.15) is 17.5 Å². The maximum atomic E-state index is 12.6. The van der Waals surface area contributed by atoms with E-state index < -0.39 is 6.04 Å². The number of carbonyl (C=O) groups is 2. The van der Waals surface area contributed by atoms with Crippen LogP contribution in [-0.2, 0) is 9.59 Å². The molecule has 23 heavy (non-hydrogen) atoms. The monoisotopic (exact) mass is 310 g/mol. The van der Waals surface area contributed by atoms with Gasteiger partial charge in [-0.1, -0.05) is 18.2 Å². The van der Waals surface area contributed by atoms with Crippen molar-refractivity contribution in [1.29, 1.82) is 0 Å². The van der Waals surface area contributed by atoms with Crippen LogP contribution in [0.3, 0.4) is 0 Å². The zero-order valence-electron chi connectivity index (χ0n) is 13.0. The number of nitrogens with one attached hydrogen (secondary N) is 1. The van der Waals surface area contributed by atoms with E-state index in [0.717, 1.165) is 21.7 Å². The highest BCUT2D eigenvalue weighted by molar-refractivity contribution is 6.23. The Hall–Kier alpha value is -2.82. The lowest BCUT2D eigenvalue weighted by molar-refractivity contribution is -0.121. The summed E-state index contributed by atoms with van der Waals surface area (Å²) >= 11 is 0. The van der Waals surface area contributed by atoms with Crippen LogP contribution in [-0.4, -0.2) is 23.0 Å². The number of hydrogen-bond donors (Lipinski definition) is 2. The number of nitrogens with zero attached hydrogens (tertiary/aromatic N) is 1. The highest BCUT2D eigenvalue weighted by atomic mass is 16.3. The second-order valence-corrected chi connectivity index (χ2v) is 5.74. The molecule has 1 atom stereocenters. The standard InChI is InChI=1S/C18H18N2O3/c1-11-5-3-8-15(12(11)2)19-16-10-17(22)20(18(16)23)13-6-4-7-14(21)9-13/h3-9,16,19,21H,10H2,1-2H3. The smallest absolute Gasteiger partial charge is 0.256 e. The molecule has 0 aromatic heterocycles. The van der Waals surface area contributed by atoms with Crippen LogP contribution in [0.15, 0.2) is 42.5 Å². The lowest BCUT2D eigenvalue weighted by atomic mass is 10.1. The first kappa shape index (κ1) is 15.1. The van der Waals surface area contributed by atoms with E-state index in [9.17, 15) is 14.7 Å². The molecule has 5 heteroatoms. The van der Waals surface area contributed by atoms with Gasteiger partial charge in [-0.25, -0.2) is 4.90 Å². The Kier molecular flexibility index (Phi) is 3.78. The first-order chi connectivity index (χ1) is 11.0. The van der Waals surface area contributed by atoms with Gasteiger partial charge in [-0.2, -0.15) is 0 Å². The normalized spacial score (nSPS) is 17.7. The minimum atomic E-state index is -0.592. The van der Waals surface area contributed by atoms with Crippen LogP contribution < -0.4 is 10.2 Å². The van der Waals surface area contributed by atoms with Crippen LogP contribution in [0.2, 0.25) is 0 Å². The van der Waals surface area contributed by atoms with Crippen LogP contribution >= 0.6 is 0 Å². The summed E-state index contributed by atoms with van der Waals surface area (Å²) in [5.41, 5.74) is 3.43. The lowest BCUT2D eigenvalue weighted by Gasteiger charge is -2.17. The van der Waals surface area contributed by atoms with Gasteiger partial charge < -0.3 is 10.4 Å². The summed E-state index contributed by atoms with van der Waals surface area (Å²) in [4.78, 5) is 25.9. The maximum Gasteiger partial charge on any atom is 0.256 e. The summed E-state index contributed by atoms with van der Waals surface area (Å²) in [6.07, 6.45) is 0.0991. The van der Waals surface area contributed by atoms with Crippen molar-refractivity contribution in [3.63, 3.8) is 0 Å². The Morgan fingerprint density at radius 2 is 1.87 bits per heavy atom. The van der Waals surface area contributed by atoms with Crippen LogP contribution in [0.5, 0.6) is 5.75 Å². The first-order valence-corrected chi connectivity index (χ1v) is 7.46. The number of aromatic hydroxyl groups is 1. The first-order valence-electron chi connectivity index (χ1n) is 7.46. The second-order valence-electron chi connectivity index (χ2n) is 5.74. The van der Waals surface area contributed by atoms with Crippen molar-refractivity contribution < 1.29 is 14.7 Å². The summed E-state index contributed by atoms with van der Waals surface area (Å²) in [5, 5.41) is 12.7.